The molecule has 1 heterocycles. The number of aryl methyl sites for hydroxylation is 1. The molecule has 6 nitrogen and oxygen atoms in total. The first kappa shape index (κ1) is 11.2. The highest BCUT2D eigenvalue weighted by atomic mass is 16.4. The second kappa shape index (κ2) is 4.59. The van der Waals surface area contributed by atoms with Gasteiger partial charge in [-0.25, -0.2) is 9.78 Å². The first-order valence-electron chi connectivity index (χ1n) is 4.47. The highest BCUT2D eigenvalue weighted by Crippen LogP contribution is 2.00. The molecule has 0 radical (unpaired) electrons. The number of carboxylic acids is 1. The third kappa shape index (κ3) is 3.08. The summed E-state index contributed by atoms with van der Waals surface area (Å²) in [5.74, 6) is -0.805. The van der Waals surface area contributed by atoms with E-state index in [0.29, 0.717) is 5.82 Å². The van der Waals surface area contributed by atoms with Crippen LogP contribution >= 0.6 is 0 Å². The van der Waals surface area contributed by atoms with E-state index in [4.69, 9.17) is 5.11 Å². The molecule has 82 valence electrons. The quantitative estimate of drug-likeness (QED) is 0.706. The van der Waals surface area contributed by atoms with E-state index in [1.165, 1.54) is 6.92 Å². The summed E-state index contributed by atoms with van der Waals surface area (Å²) in [6, 6.07) is -0.927. The van der Waals surface area contributed by atoms with Crippen molar-refractivity contribution in [1.82, 2.24) is 14.9 Å². The van der Waals surface area contributed by atoms with Crippen molar-refractivity contribution in [2.75, 3.05) is 0 Å². The Labute approximate surface area is 86.9 Å². The van der Waals surface area contributed by atoms with Gasteiger partial charge >= 0.3 is 5.97 Å². The van der Waals surface area contributed by atoms with Crippen LogP contribution in [0, 0.1) is 0 Å². The zero-order chi connectivity index (χ0) is 11.4. The average molecular weight is 211 g/mol. The fraction of sp³-hybridized carbons (Fsp3) is 0.444. The Bertz CT molecular complexity index is 372. The molecule has 0 aromatic carbocycles. The summed E-state index contributed by atoms with van der Waals surface area (Å²) in [5.41, 5.74) is 0. The maximum Gasteiger partial charge on any atom is 0.326 e. The highest BCUT2D eigenvalue weighted by Gasteiger charge is 2.20. The molecule has 0 aliphatic rings. The normalized spacial score (nSPS) is 12.1. The van der Waals surface area contributed by atoms with Crippen LogP contribution in [0.25, 0.3) is 0 Å². The first-order valence-corrected chi connectivity index (χ1v) is 4.47. The summed E-state index contributed by atoms with van der Waals surface area (Å²) in [6.07, 6.45) is 3.49. The predicted molar refractivity (Wildman–Crippen MR) is 52.2 cm³/mol. The lowest BCUT2D eigenvalue weighted by molar-refractivity contribution is -0.141. The summed E-state index contributed by atoms with van der Waals surface area (Å²) in [7, 11) is 1.77. The van der Waals surface area contributed by atoms with E-state index in [9.17, 15) is 9.59 Å². The van der Waals surface area contributed by atoms with Gasteiger partial charge in [-0.1, -0.05) is 0 Å². The number of nitrogens with zero attached hydrogens (tertiary/aromatic N) is 2. The van der Waals surface area contributed by atoms with Gasteiger partial charge in [0.05, 0.1) is 0 Å². The molecule has 1 rings (SSSR count). The monoisotopic (exact) mass is 211 g/mol. The molecule has 1 aromatic heterocycles. The molecule has 15 heavy (non-hydrogen) atoms. The number of carbonyl (C=O) groups is 2. The number of hydrogen-bond donors (Lipinski definition) is 2. The van der Waals surface area contributed by atoms with Crippen LogP contribution in [0.2, 0.25) is 0 Å². The fourth-order valence-electron chi connectivity index (χ4n) is 1.22. The van der Waals surface area contributed by atoms with Gasteiger partial charge in [-0.15, -0.1) is 0 Å². The van der Waals surface area contributed by atoms with Crippen LogP contribution in [-0.4, -0.2) is 32.6 Å². The van der Waals surface area contributed by atoms with E-state index < -0.39 is 12.0 Å². The van der Waals surface area contributed by atoms with E-state index in [-0.39, 0.29) is 12.3 Å². The molecular formula is C9H13N3O3. The largest absolute Gasteiger partial charge is 0.480 e. The average Bonchev–Trinajstić information content (AvgIpc) is 2.50. The molecule has 1 unspecified atom stereocenters. The van der Waals surface area contributed by atoms with Gasteiger partial charge in [-0.3, -0.25) is 4.79 Å². The van der Waals surface area contributed by atoms with Gasteiger partial charge in [0.2, 0.25) is 5.91 Å². The van der Waals surface area contributed by atoms with Crippen molar-refractivity contribution in [3.8, 4) is 0 Å². The number of aromatic nitrogens is 2. The Morgan fingerprint density at radius 3 is 2.73 bits per heavy atom. The van der Waals surface area contributed by atoms with Gasteiger partial charge < -0.3 is 15.0 Å². The number of amides is 1. The highest BCUT2D eigenvalue weighted by molar-refractivity contribution is 5.82. The number of aliphatic carboxylic acids is 1. The fourth-order valence-corrected chi connectivity index (χ4v) is 1.22. The third-order valence-corrected chi connectivity index (χ3v) is 1.98. The van der Waals surface area contributed by atoms with Crippen LogP contribution in [0.5, 0.6) is 0 Å². The standard InChI is InChI=1S/C9H13N3O3/c1-6(13)11-7(9(14)15)5-8-10-3-4-12(8)2/h3-4,7H,5H2,1-2H3,(H,11,13)(H,14,15). The summed E-state index contributed by atoms with van der Waals surface area (Å²) in [4.78, 5) is 25.6. The SMILES string of the molecule is CC(=O)NC(Cc1nccn1C)C(=O)O. The molecule has 0 fully saturated rings. The minimum absolute atomic E-state index is 0.179. The zero-order valence-corrected chi connectivity index (χ0v) is 8.60. The second-order valence-corrected chi connectivity index (χ2v) is 3.25. The van der Waals surface area contributed by atoms with Crippen LogP contribution in [-0.2, 0) is 23.1 Å². The molecule has 2 N–H and O–H groups in total. The summed E-state index contributed by atoms with van der Waals surface area (Å²) in [5, 5.41) is 11.2. The van der Waals surface area contributed by atoms with E-state index in [0.717, 1.165) is 0 Å². The molecule has 1 aromatic rings. The van der Waals surface area contributed by atoms with E-state index in [1.807, 2.05) is 0 Å². The van der Waals surface area contributed by atoms with Gasteiger partial charge in [0.25, 0.3) is 0 Å². The minimum Gasteiger partial charge on any atom is -0.480 e. The Balaban J connectivity index is 2.71. The molecule has 0 aliphatic heterocycles. The van der Waals surface area contributed by atoms with Crippen molar-refractivity contribution in [1.29, 1.82) is 0 Å². The molecule has 1 atom stereocenters. The Morgan fingerprint density at radius 1 is 1.67 bits per heavy atom. The Morgan fingerprint density at radius 2 is 2.33 bits per heavy atom. The van der Waals surface area contributed by atoms with Crippen molar-refractivity contribution >= 4 is 11.9 Å². The lowest BCUT2D eigenvalue weighted by Crippen LogP contribution is -2.41. The number of nitrogens with one attached hydrogen (secondary N) is 1. The predicted octanol–water partition coefficient (Wildman–Crippen LogP) is -0.448. The number of hydrogen-bond acceptors (Lipinski definition) is 3. The maximum absolute atomic E-state index is 10.8. The van der Waals surface area contributed by atoms with E-state index in [1.54, 1.807) is 24.0 Å². The molecular weight excluding hydrogens is 198 g/mol. The zero-order valence-electron chi connectivity index (χ0n) is 8.60. The maximum atomic E-state index is 10.8. The summed E-state index contributed by atoms with van der Waals surface area (Å²) >= 11 is 0. The molecule has 6 heteroatoms. The van der Waals surface area contributed by atoms with Gasteiger partial charge in [0.15, 0.2) is 0 Å². The van der Waals surface area contributed by atoms with Crippen LogP contribution < -0.4 is 5.32 Å². The molecule has 0 saturated carbocycles. The lowest BCUT2D eigenvalue weighted by atomic mass is 10.2. The Kier molecular flexibility index (Phi) is 3.43. The van der Waals surface area contributed by atoms with Crippen LogP contribution in [0.15, 0.2) is 12.4 Å². The molecule has 1 amide bonds. The smallest absolute Gasteiger partial charge is 0.326 e. The van der Waals surface area contributed by atoms with E-state index >= 15 is 0 Å². The summed E-state index contributed by atoms with van der Waals surface area (Å²) < 4.78 is 1.72. The molecule has 0 aliphatic carbocycles. The molecule has 0 bridgehead atoms. The van der Waals surface area contributed by atoms with E-state index in [2.05, 4.69) is 10.3 Å². The van der Waals surface area contributed by atoms with Crippen LogP contribution in [0.1, 0.15) is 12.7 Å². The lowest BCUT2D eigenvalue weighted by Gasteiger charge is -2.12. The molecule has 0 saturated heterocycles. The Hall–Kier alpha value is -1.85. The topological polar surface area (TPSA) is 84.2 Å². The van der Waals surface area contributed by atoms with Gasteiger partial charge in [-0.05, 0) is 0 Å². The third-order valence-electron chi connectivity index (χ3n) is 1.98. The van der Waals surface area contributed by atoms with Crippen molar-refractivity contribution in [2.45, 2.75) is 19.4 Å². The van der Waals surface area contributed by atoms with Gasteiger partial charge in [0.1, 0.15) is 11.9 Å². The van der Waals surface area contributed by atoms with Crippen LogP contribution in [0.4, 0.5) is 0 Å². The van der Waals surface area contributed by atoms with Gasteiger partial charge in [0, 0.05) is 32.8 Å². The molecule has 0 spiro atoms. The number of carbonyl (C=O) groups excluding carboxylic acids is 1. The van der Waals surface area contributed by atoms with Crippen molar-refractivity contribution in [2.24, 2.45) is 7.05 Å². The summed E-state index contributed by atoms with van der Waals surface area (Å²) in [6.45, 7) is 1.29. The van der Waals surface area contributed by atoms with Crippen molar-refractivity contribution in [3.05, 3.63) is 18.2 Å². The van der Waals surface area contributed by atoms with Crippen molar-refractivity contribution < 1.29 is 14.7 Å². The number of rotatable bonds is 4. The van der Waals surface area contributed by atoms with Crippen molar-refractivity contribution in [3.63, 3.8) is 0 Å². The number of imidazole rings is 1. The minimum atomic E-state index is -1.06. The number of carboxylic acid groups (broad SMARTS) is 1. The van der Waals surface area contributed by atoms with Gasteiger partial charge in [-0.2, -0.15) is 0 Å². The second-order valence-electron chi connectivity index (χ2n) is 3.25. The van der Waals surface area contributed by atoms with Crippen LogP contribution in [0.3, 0.4) is 0 Å². The first-order chi connectivity index (χ1) is 7.00.